The molecular weight excluding hydrogens is 262 g/mol. The smallest absolute Gasteiger partial charge is 0.254 e. The van der Waals surface area contributed by atoms with Crippen molar-refractivity contribution in [1.82, 2.24) is 15.1 Å². The van der Waals surface area contributed by atoms with Gasteiger partial charge in [0.25, 0.3) is 5.91 Å². The number of amides is 1. The summed E-state index contributed by atoms with van der Waals surface area (Å²) < 4.78 is 0. The van der Waals surface area contributed by atoms with E-state index in [2.05, 4.69) is 16.3 Å². The van der Waals surface area contributed by atoms with Crippen molar-refractivity contribution in [3.63, 3.8) is 0 Å². The van der Waals surface area contributed by atoms with E-state index in [0.29, 0.717) is 0 Å². The lowest BCUT2D eigenvalue weighted by Crippen LogP contribution is -2.46. The first-order valence-electron chi connectivity index (χ1n) is 8.15. The molecule has 0 radical (unpaired) electrons. The maximum Gasteiger partial charge on any atom is 0.254 e. The molecule has 114 valence electrons. The molecule has 2 aliphatic rings. The van der Waals surface area contributed by atoms with Crippen molar-refractivity contribution in [3.8, 4) is 0 Å². The largest absolute Gasteiger partial charge is 0.336 e. The molecule has 1 aromatic carbocycles. The Morgan fingerprint density at radius 3 is 2.48 bits per heavy atom. The number of nitrogens with one attached hydrogen (secondary N) is 1. The summed E-state index contributed by atoms with van der Waals surface area (Å²) in [6, 6.07) is 8.14. The van der Waals surface area contributed by atoms with E-state index in [1.807, 2.05) is 23.1 Å². The summed E-state index contributed by atoms with van der Waals surface area (Å²) in [6.07, 6.45) is 3.92. The summed E-state index contributed by atoms with van der Waals surface area (Å²) in [4.78, 5) is 17.2. The molecule has 2 fully saturated rings. The van der Waals surface area contributed by atoms with Crippen LogP contribution < -0.4 is 5.32 Å². The second-order valence-corrected chi connectivity index (χ2v) is 6.04. The van der Waals surface area contributed by atoms with E-state index in [-0.39, 0.29) is 5.91 Å². The van der Waals surface area contributed by atoms with Crippen LogP contribution in [0, 0.1) is 0 Å². The predicted molar refractivity (Wildman–Crippen MR) is 84.3 cm³/mol. The molecule has 2 saturated heterocycles. The molecule has 0 aliphatic carbocycles. The molecule has 4 heteroatoms. The Labute approximate surface area is 127 Å². The zero-order valence-corrected chi connectivity index (χ0v) is 12.7. The number of benzene rings is 1. The van der Waals surface area contributed by atoms with Gasteiger partial charge in [-0.3, -0.25) is 9.69 Å². The second-order valence-electron chi connectivity index (χ2n) is 6.04. The lowest BCUT2D eigenvalue weighted by molar-refractivity contribution is 0.0733. The quantitative estimate of drug-likeness (QED) is 0.919. The van der Waals surface area contributed by atoms with E-state index in [4.69, 9.17) is 0 Å². The SMILES string of the molecule is O=C(c1ccccc1CN1CCCCC1)N1CCNCC1. The monoisotopic (exact) mass is 287 g/mol. The van der Waals surface area contributed by atoms with Crippen LogP contribution in [0.5, 0.6) is 0 Å². The van der Waals surface area contributed by atoms with Crippen LogP contribution in [-0.4, -0.2) is 55.0 Å². The Morgan fingerprint density at radius 1 is 1.00 bits per heavy atom. The average Bonchev–Trinajstić information content (AvgIpc) is 2.56. The minimum absolute atomic E-state index is 0.198. The first-order valence-corrected chi connectivity index (χ1v) is 8.15. The Balaban J connectivity index is 1.73. The second kappa shape index (κ2) is 7.05. The number of nitrogens with zero attached hydrogens (tertiary/aromatic N) is 2. The summed E-state index contributed by atoms with van der Waals surface area (Å²) >= 11 is 0. The molecule has 0 spiro atoms. The number of likely N-dealkylation sites (tertiary alicyclic amines) is 1. The predicted octanol–water partition coefficient (Wildman–Crippen LogP) is 1.72. The normalized spacial score (nSPS) is 20.5. The van der Waals surface area contributed by atoms with Crippen LogP contribution in [0.15, 0.2) is 24.3 Å². The van der Waals surface area contributed by atoms with E-state index >= 15 is 0 Å². The van der Waals surface area contributed by atoms with Crippen molar-refractivity contribution in [1.29, 1.82) is 0 Å². The topological polar surface area (TPSA) is 35.6 Å². The molecule has 21 heavy (non-hydrogen) atoms. The van der Waals surface area contributed by atoms with Crippen LogP contribution in [0.1, 0.15) is 35.2 Å². The summed E-state index contributed by atoms with van der Waals surface area (Å²) in [5, 5.41) is 3.30. The third kappa shape index (κ3) is 3.63. The Bertz CT molecular complexity index is 477. The van der Waals surface area contributed by atoms with Gasteiger partial charge in [-0.15, -0.1) is 0 Å². The van der Waals surface area contributed by atoms with Crippen LogP contribution in [0.4, 0.5) is 0 Å². The van der Waals surface area contributed by atoms with E-state index in [0.717, 1.165) is 51.4 Å². The van der Waals surface area contributed by atoms with Crippen molar-refractivity contribution in [2.45, 2.75) is 25.8 Å². The highest BCUT2D eigenvalue weighted by Crippen LogP contribution is 2.17. The summed E-state index contributed by atoms with van der Waals surface area (Å²) in [5.74, 6) is 0.198. The molecule has 4 nitrogen and oxygen atoms in total. The van der Waals surface area contributed by atoms with E-state index in [9.17, 15) is 4.79 Å². The number of hydrogen-bond acceptors (Lipinski definition) is 3. The Hall–Kier alpha value is -1.39. The average molecular weight is 287 g/mol. The first-order chi connectivity index (χ1) is 10.3. The van der Waals surface area contributed by atoms with Gasteiger partial charge in [0.05, 0.1) is 0 Å². The van der Waals surface area contributed by atoms with Gasteiger partial charge in [-0.2, -0.15) is 0 Å². The van der Waals surface area contributed by atoms with Gasteiger partial charge in [0.15, 0.2) is 0 Å². The highest BCUT2D eigenvalue weighted by molar-refractivity contribution is 5.95. The van der Waals surface area contributed by atoms with Crippen LogP contribution in [0.3, 0.4) is 0 Å². The summed E-state index contributed by atoms with van der Waals surface area (Å²) in [6.45, 7) is 6.67. The van der Waals surface area contributed by atoms with Gasteiger partial charge in [0.1, 0.15) is 0 Å². The Kier molecular flexibility index (Phi) is 4.88. The molecule has 0 unspecified atom stereocenters. The molecule has 2 heterocycles. The zero-order chi connectivity index (χ0) is 14.5. The van der Waals surface area contributed by atoms with Crippen LogP contribution in [0.2, 0.25) is 0 Å². The highest BCUT2D eigenvalue weighted by atomic mass is 16.2. The third-order valence-electron chi connectivity index (χ3n) is 4.49. The van der Waals surface area contributed by atoms with Crippen molar-refractivity contribution >= 4 is 5.91 Å². The van der Waals surface area contributed by atoms with Gasteiger partial charge in [-0.25, -0.2) is 0 Å². The molecule has 1 aromatic rings. The molecular formula is C17H25N3O. The minimum atomic E-state index is 0.198. The van der Waals surface area contributed by atoms with Crippen molar-refractivity contribution in [2.24, 2.45) is 0 Å². The molecule has 1 N–H and O–H groups in total. The number of piperazine rings is 1. The molecule has 2 aliphatic heterocycles. The van der Waals surface area contributed by atoms with Crippen LogP contribution in [0.25, 0.3) is 0 Å². The molecule has 0 aromatic heterocycles. The Morgan fingerprint density at radius 2 is 1.71 bits per heavy atom. The minimum Gasteiger partial charge on any atom is -0.336 e. The molecule has 3 rings (SSSR count). The number of piperidine rings is 1. The van der Waals surface area contributed by atoms with Gasteiger partial charge in [-0.05, 0) is 37.6 Å². The van der Waals surface area contributed by atoms with E-state index < -0.39 is 0 Å². The van der Waals surface area contributed by atoms with E-state index in [1.54, 1.807) is 0 Å². The maximum absolute atomic E-state index is 12.7. The van der Waals surface area contributed by atoms with Gasteiger partial charge in [-0.1, -0.05) is 24.6 Å². The highest BCUT2D eigenvalue weighted by Gasteiger charge is 2.21. The van der Waals surface area contributed by atoms with Crippen molar-refractivity contribution < 1.29 is 4.79 Å². The third-order valence-corrected chi connectivity index (χ3v) is 4.49. The number of rotatable bonds is 3. The van der Waals surface area contributed by atoms with Crippen LogP contribution in [-0.2, 0) is 6.54 Å². The number of carbonyl (C=O) groups is 1. The molecule has 1 amide bonds. The fourth-order valence-electron chi connectivity index (χ4n) is 3.26. The van der Waals surface area contributed by atoms with Crippen LogP contribution >= 0.6 is 0 Å². The first kappa shape index (κ1) is 14.5. The summed E-state index contributed by atoms with van der Waals surface area (Å²) in [5.41, 5.74) is 2.08. The number of hydrogen-bond donors (Lipinski definition) is 1. The molecule has 0 saturated carbocycles. The fourth-order valence-corrected chi connectivity index (χ4v) is 3.26. The number of carbonyl (C=O) groups excluding carboxylic acids is 1. The van der Waals surface area contributed by atoms with Crippen molar-refractivity contribution in [2.75, 3.05) is 39.3 Å². The zero-order valence-electron chi connectivity index (χ0n) is 12.7. The van der Waals surface area contributed by atoms with E-state index in [1.165, 1.54) is 24.8 Å². The van der Waals surface area contributed by atoms with Gasteiger partial charge >= 0.3 is 0 Å². The lowest BCUT2D eigenvalue weighted by Gasteiger charge is -2.30. The van der Waals surface area contributed by atoms with Crippen molar-refractivity contribution in [3.05, 3.63) is 35.4 Å². The maximum atomic E-state index is 12.7. The molecule has 0 atom stereocenters. The lowest BCUT2D eigenvalue weighted by atomic mass is 10.0. The van der Waals surface area contributed by atoms with Gasteiger partial charge < -0.3 is 10.2 Å². The van der Waals surface area contributed by atoms with Gasteiger partial charge in [0.2, 0.25) is 0 Å². The summed E-state index contributed by atoms with van der Waals surface area (Å²) in [7, 11) is 0. The molecule has 0 bridgehead atoms. The van der Waals surface area contributed by atoms with Gasteiger partial charge in [0, 0.05) is 38.3 Å². The fraction of sp³-hybridized carbons (Fsp3) is 0.588. The standard InChI is InChI=1S/C17H25N3O/c21-17(20-12-8-18-9-13-20)16-7-3-2-6-15(16)14-19-10-4-1-5-11-19/h2-3,6-7,18H,1,4-5,8-14H2.